The highest BCUT2D eigenvalue weighted by Crippen LogP contribution is 2.33. The molecular formula is C22H22N4O2. The number of nitrogens with one attached hydrogen (secondary N) is 2. The second kappa shape index (κ2) is 8.10. The number of aromatic amines is 1. The highest BCUT2D eigenvalue weighted by molar-refractivity contribution is 5.92. The van der Waals surface area contributed by atoms with Gasteiger partial charge in [-0.1, -0.05) is 42.5 Å². The summed E-state index contributed by atoms with van der Waals surface area (Å²) in [7, 11) is 0. The molecule has 4 rings (SSSR count). The maximum absolute atomic E-state index is 9.86. The number of fused-ring (bicyclic) bond motifs is 1. The molecule has 142 valence electrons. The van der Waals surface area contributed by atoms with E-state index in [0.29, 0.717) is 12.4 Å². The number of anilines is 1. The molecule has 0 bridgehead atoms. The minimum absolute atomic E-state index is 0.0417. The number of hydrogen-bond donors (Lipinski definition) is 3. The van der Waals surface area contributed by atoms with Crippen LogP contribution in [0.15, 0.2) is 67.0 Å². The molecule has 4 aromatic rings. The van der Waals surface area contributed by atoms with Crippen molar-refractivity contribution in [1.29, 1.82) is 0 Å². The monoisotopic (exact) mass is 374 g/mol. The van der Waals surface area contributed by atoms with Crippen LogP contribution in [0.5, 0.6) is 5.75 Å². The smallest absolute Gasteiger partial charge is 0.143 e. The molecule has 0 unspecified atom stereocenters. The fourth-order valence-electron chi connectivity index (χ4n) is 3.26. The van der Waals surface area contributed by atoms with Crippen molar-refractivity contribution in [3.63, 3.8) is 0 Å². The summed E-state index contributed by atoms with van der Waals surface area (Å²) < 4.78 is 5.75. The molecule has 0 spiro atoms. The molecule has 0 aliphatic heterocycles. The van der Waals surface area contributed by atoms with Gasteiger partial charge in [-0.15, -0.1) is 0 Å². The summed E-state index contributed by atoms with van der Waals surface area (Å²) in [5, 5.41) is 14.1. The van der Waals surface area contributed by atoms with E-state index in [1.807, 2.05) is 67.6 Å². The van der Waals surface area contributed by atoms with Gasteiger partial charge in [0.15, 0.2) is 0 Å². The van der Waals surface area contributed by atoms with Crippen LogP contribution in [0, 0.1) is 0 Å². The van der Waals surface area contributed by atoms with Crippen LogP contribution in [0.2, 0.25) is 0 Å². The molecule has 2 heterocycles. The fourth-order valence-corrected chi connectivity index (χ4v) is 3.26. The molecule has 6 heteroatoms. The van der Waals surface area contributed by atoms with E-state index in [4.69, 9.17) is 4.74 Å². The quantitative estimate of drug-likeness (QED) is 0.452. The second-order valence-electron chi connectivity index (χ2n) is 6.39. The van der Waals surface area contributed by atoms with Crippen molar-refractivity contribution in [2.24, 2.45) is 0 Å². The first kappa shape index (κ1) is 18.0. The fraction of sp³-hybridized carbons (Fsp3) is 0.182. The lowest BCUT2D eigenvalue weighted by Crippen LogP contribution is -2.15. The lowest BCUT2D eigenvalue weighted by molar-refractivity contribution is 0.276. The van der Waals surface area contributed by atoms with Gasteiger partial charge in [0.1, 0.15) is 23.5 Å². The molecule has 0 radical (unpaired) electrons. The zero-order valence-electron chi connectivity index (χ0n) is 15.6. The Hall–Kier alpha value is -3.38. The van der Waals surface area contributed by atoms with Gasteiger partial charge in [-0.05, 0) is 30.7 Å². The molecule has 2 aromatic carbocycles. The number of ether oxygens (including phenoxy) is 1. The Morgan fingerprint density at radius 2 is 1.86 bits per heavy atom. The SMILES string of the molecule is CCOc1ccccc1-c1cc2c(N[C@H](CO)c3ccccc3)ncnc2[nH]1. The van der Waals surface area contributed by atoms with Crippen molar-refractivity contribution >= 4 is 16.9 Å². The van der Waals surface area contributed by atoms with Gasteiger partial charge in [0.2, 0.25) is 0 Å². The molecule has 0 fully saturated rings. The van der Waals surface area contributed by atoms with E-state index in [9.17, 15) is 5.11 Å². The first-order valence-electron chi connectivity index (χ1n) is 9.28. The zero-order valence-corrected chi connectivity index (χ0v) is 15.6. The average molecular weight is 374 g/mol. The summed E-state index contributed by atoms with van der Waals surface area (Å²) in [6.45, 7) is 2.52. The molecule has 0 saturated carbocycles. The van der Waals surface area contributed by atoms with E-state index in [1.165, 1.54) is 6.33 Å². The van der Waals surface area contributed by atoms with Gasteiger partial charge < -0.3 is 20.1 Å². The Balaban J connectivity index is 1.72. The number of rotatable bonds is 7. The first-order chi connectivity index (χ1) is 13.8. The number of aliphatic hydroxyl groups excluding tert-OH is 1. The van der Waals surface area contributed by atoms with Crippen molar-refractivity contribution in [3.05, 3.63) is 72.6 Å². The van der Waals surface area contributed by atoms with Crippen LogP contribution in [0.1, 0.15) is 18.5 Å². The molecule has 0 aliphatic rings. The summed E-state index contributed by atoms with van der Waals surface area (Å²) in [5.41, 5.74) is 3.59. The highest BCUT2D eigenvalue weighted by atomic mass is 16.5. The van der Waals surface area contributed by atoms with Crippen molar-refractivity contribution in [3.8, 4) is 17.0 Å². The molecule has 2 aromatic heterocycles. The summed E-state index contributed by atoms with van der Waals surface area (Å²) in [6.07, 6.45) is 1.51. The van der Waals surface area contributed by atoms with Gasteiger partial charge in [0.25, 0.3) is 0 Å². The molecule has 0 aliphatic carbocycles. The van der Waals surface area contributed by atoms with Crippen LogP contribution < -0.4 is 10.1 Å². The van der Waals surface area contributed by atoms with E-state index >= 15 is 0 Å². The van der Waals surface area contributed by atoms with E-state index in [2.05, 4.69) is 20.3 Å². The van der Waals surface area contributed by atoms with Crippen molar-refractivity contribution in [2.45, 2.75) is 13.0 Å². The maximum Gasteiger partial charge on any atom is 0.143 e. The van der Waals surface area contributed by atoms with Gasteiger partial charge in [-0.2, -0.15) is 0 Å². The minimum atomic E-state index is -0.256. The second-order valence-corrected chi connectivity index (χ2v) is 6.39. The largest absolute Gasteiger partial charge is 0.493 e. The van der Waals surface area contributed by atoms with Crippen LogP contribution in [0.3, 0.4) is 0 Å². The summed E-state index contributed by atoms with van der Waals surface area (Å²) in [4.78, 5) is 12.1. The molecule has 0 amide bonds. The number of benzene rings is 2. The number of H-pyrrole nitrogens is 1. The first-order valence-corrected chi connectivity index (χ1v) is 9.28. The van der Waals surface area contributed by atoms with E-state index in [-0.39, 0.29) is 12.6 Å². The Morgan fingerprint density at radius 1 is 1.07 bits per heavy atom. The molecule has 6 nitrogen and oxygen atoms in total. The zero-order chi connectivity index (χ0) is 19.3. The van der Waals surface area contributed by atoms with Gasteiger partial charge in [0.05, 0.1) is 30.3 Å². The van der Waals surface area contributed by atoms with Crippen LogP contribution in [0.25, 0.3) is 22.3 Å². The average Bonchev–Trinajstić information content (AvgIpc) is 3.18. The predicted molar refractivity (Wildman–Crippen MR) is 110 cm³/mol. The van der Waals surface area contributed by atoms with E-state index in [1.54, 1.807) is 0 Å². The number of nitrogens with zero attached hydrogens (tertiary/aromatic N) is 2. The summed E-state index contributed by atoms with van der Waals surface area (Å²) in [6, 6.07) is 19.5. The third-order valence-corrected chi connectivity index (χ3v) is 4.60. The maximum atomic E-state index is 9.86. The summed E-state index contributed by atoms with van der Waals surface area (Å²) in [5.74, 6) is 1.49. The Labute approximate surface area is 163 Å². The number of aromatic nitrogens is 3. The molecule has 28 heavy (non-hydrogen) atoms. The van der Waals surface area contributed by atoms with Crippen molar-refractivity contribution < 1.29 is 9.84 Å². The van der Waals surface area contributed by atoms with Crippen LogP contribution in [0.4, 0.5) is 5.82 Å². The topological polar surface area (TPSA) is 83.1 Å². The van der Waals surface area contributed by atoms with Gasteiger partial charge >= 0.3 is 0 Å². The Morgan fingerprint density at radius 3 is 2.64 bits per heavy atom. The Bertz CT molecular complexity index is 1060. The third kappa shape index (κ3) is 3.54. The van der Waals surface area contributed by atoms with Gasteiger partial charge in [0, 0.05) is 5.56 Å². The lowest BCUT2D eigenvalue weighted by Gasteiger charge is -2.17. The molecule has 3 N–H and O–H groups in total. The standard InChI is InChI=1S/C22H22N4O2/c1-2-28-20-11-7-6-10-16(20)18-12-17-21(25-18)23-14-24-22(17)26-19(13-27)15-8-4-3-5-9-15/h3-12,14,19,27H,2,13H2,1H3,(H2,23,24,25,26)/t19-/m1/s1. The third-order valence-electron chi connectivity index (χ3n) is 4.60. The molecule has 0 saturated heterocycles. The predicted octanol–water partition coefficient (Wildman–Crippen LogP) is 4.17. The normalized spacial score (nSPS) is 12.1. The van der Waals surface area contributed by atoms with Crippen molar-refractivity contribution in [2.75, 3.05) is 18.5 Å². The number of para-hydroxylation sites is 1. The Kier molecular flexibility index (Phi) is 5.21. The van der Waals surface area contributed by atoms with E-state index in [0.717, 1.165) is 33.6 Å². The number of hydrogen-bond acceptors (Lipinski definition) is 5. The molecular weight excluding hydrogens is 352 g/mol. The lowest BCUT2D eigenvalue weighted by atomic mass is 10.1. The van der Waals surface area contributed by atoms with Crippen LogP contribution in [-0.4, -0.2) is 33.3 Å². The van der Waals surface area contributed by atoms with Crippen LogP contribution >= 0.6 is 0 Å². The van der Waals surface area contributed by atoms with Crippen molar-refractivity contribution in [1.82, 2.24) is 15.0 Å². The highest BCUT2D eigenvalue weighted by Gasteiger charge is 2.16. The molecule has 1 atom stereocenters. The van der Waals surface area contributed by atoms with E-state index < -0.39 is 0 Å². The summed E-state index contributed by atoms with van der Waals surface area (Å²) >= 11 is 0. The van der Waals surface area contributed by atoms with Crippen LogP contribution in [-0.2, 0) is 0 Å². The van der Waals surface area contributed by atoms with Gasteiger partial charge in [-0.25, -0.2) is 9.97 Å². The minimum Gasteiger partial charge on any atom is -0.493 e. The van der Waals surface area contributed by atoms with Gasteiger partial charge in [-0.3, -0.25) is 0 Å². The number of aliphatic hydroxyl groups is 1.